The van der Waals surface area contributed by atoms with Gasteiger partial charge in [0.25, 0.3) is 0 Å². The average molecular weight is 232 g/mol. The third-order valence-electron chi connectivity index (χ3n) is 3.91. The summed E-state index contributed by atoms with van der Waals surface area (Å²) in [6.45, 7) is 8.73. The summed E-state index contributed by atoms with van der Waals surface area (Å²) in [6.07, 6.45) is 2.50. The summed E-state index contributed by atoms with van der Waals surface area (Å²) in [5.41, 5.74) is 11.9. The molecule has 2 rings (SSSR count). The first-order valence-corrected chi connectivity index (χ1v) is 6.63. The van der Waals surface area contributed by atoms with Crippen molar-refractivity contribution in [2.24, 2.45) is 11.7 Å². The first-order valence-electron chi connectivity index (χ1n) is 6.63. The van der Waals surface area contributed by atoms with Crippen molar-refractivity contribution in [3.8, 4) is 0 Å². The van der Waals surface area contributed by atoms with E-state index in [9.17, 15) is 0 Å². The zero-order chi connectivity index (χ0) is 12.4. The molecule has 0 spiro atoms. The molecule has 1 heterocycles. The number of hydrogen-bond acceptors (Lipinski definition) is 2. The lowest BCUT2D eigenvalue weighted by Gasteiger charge is -2.30. The molecular formula is C15H24N2. The second-order valence-electron chi connectivity index (χ2n) is 5.44. The van der Waals surface area contributed by atoms with Gasteiger partial charge in [0.2, 0.25) is 0 Å². The predicted octanol–water partition coefficient (Wildman–Crippen LogP) is 2.61. The number of rotatable bonds is 2. The second kappa shape index (κ2) is 5.19. The summed E-state index contributed by atoms with van der Waals surface area (Å²) in [4.78, 5) is 0. The van der Waals surface area contributed by atoms with Crippen LogP contribution in [0, 0.1) is 26.7 Å². The Kier molecular flexibility index (Phi) is 3.85. The van der Waals surface area contributed by atoms with Crippen molar-refractivity contribution >= 4 is 0 Å². The molecule has 1 fully saturated rings. The fourth-order valence-electron chi connectivity index (χ4n) is 3.14. The van der Waals surface area contributed by atoms with Crippen LogP contribution in [-0.2, 0) is 0 Å². The maximum atomic E-state index is 6.48. The van der Waals surface area contributed by atoms with E-state index in [1.807, 2.05) is 0 Å². The normalized spacial score (nSPS) is 22.5. The van der Waals surface area contributed by atoms with Crippen molar-refractivity contribution in [3.05, 3.63) is 34.4 Å². The van der Waals surface area contributed by atoms with Crippen molar-refractivity contribution < 1.29 is 0 Å². The lowest BCUT2D eigenvalue weighted by Crippen LogP contribution is -2.36. The number of nitrogens with two attached hydrogens (primary N) is 1. The van der Waals surface area contributed by atoms with Gasteiger partial charge in [0.1, 0.15) is 0 Å². The van der Waals surface area contributed by atoms with E-state index >= 15 is 0 Å². The molecule has 3 N–H and O–H groups in total. The van der Waals surface area contributed by atoms with E-state index in [0.29, 0.717) is 5.92 Å². The van der Waals surface area contributed by atoms with E-state index in [1.54, 1.807) is 0 Å². The fraction of sp³-hybridized carbons (Fsp3) is 0.600. The Bertz CT molecular complexity index is 369. The zero-order valence-electron chi connectivity index (χ0n) is 11.2. The van der Waals surface area contributed by atoms with Gasteiger partial charge in [-0.25, -0.2) is 0 Å². The van der Waals surface area contributed by atoms with Gasteiger partial charge in [0.15, 0.2) is 0 Å². The van der Waals surface area contributed by atoms with Crippen LogP contribution in [0.4, 0.5) is 0 Å². The van der Waals surface area contributed by atoms with Crippen molar-refractivity contribution in [1.82, 2.24) is 5.32 Å². The third-order valence-corrected chi connectivity index (χ3v) is 3.91. The van der Waals surface area contributed by atoms with Crippen LogP contribution in [-0.4, -0.2) is 13.1 Å². The number of aryl methyl sites for hydroxylation is 3. The smallest absolute Gasteiger partial charge is 0.0341 e. The van der Waals surface area contributed by atoms with Crippen molar-refractivity contribution in [1.29, 1.82) is 0 Å². The van der Waals surface area contributed by atoms with E-state index in [2.05, 4.69) is 38.2 Å². The fourth-order valence-corrected chi connectivity index (χ4v) is 3.14. The average Bonchev–Trinajstić information content (AvgIpc) is 2.28. The van der Waals surface area contributed by atoms with Gasteiger partial charge in [0.05, 0.1) is 0 Å². The minimum atomic E-state index is 0.184. The number of benzene rings is 1. The van der Waals surface area contributed by atoms with Gasteiger partial charge in [-0.1, -0.05) is 17.7 Å². The van der Waals surface area contributed by atoms with Crippen LogP contribution in [0.15, 0.2) is 12.1 Å². The highest BCUT2D eigenvalue weighted by molar-refractivity contribution is 5.39. The molecule has 0 radical (unpaired) electrons. The molecule has 2 heteroatoms. The number of hydrogen-bond donors (Lipinski definition) is 2. The molecule has 2 unspecified atom stereocenters. The molecule has 0 aliphatic carbocycles. The maximum Gasteiger partial charge on any atom is 0.0341 e. The highest BCUT2D eigenvalue weighted by Crippen LogP contribution is 2.30. The van der Waals surface area contributed by atoms with E-state index in [1.165, 1.54) is 35.1 Å². The van der Waals surface area contributed by atoms with Crippen LogP contribution in [0.2, 0.25) is 0 Å². The van der Waals surface area contributed by atoms with Gasteiger partial charge < -0.3 is 11.1 Å². The summed E-state index contributed by atoms with van der Waals surface area (Å²) in [5, 5.41) is 3.46. The second-order valence-corrected chi connectivity index (χ2v) is 5.44. The molecule has 94 valence electrons. The van der Waals surface area contributed by atoms with Gasteiger partial charge in [-0.2, -0.15) is 0 Å². The lowest BCUT2D eigenvalue weighted by atomic mass is 9.83. The van der Waals surface area contributed by atoms with Crippen LogP contribution in [0.1, 0.15) is 41.1 Å². The Morgan fingerprint density at radius 2 is 1.88 bits per heavy atom. The molecule has 1 aliphatic rings. The molecule has 0 bridgehead atoms. The summed E-state index contributed by atoms with van der Waals surface area (Å²) < 4.78 is 0. The van der Waals surface area contributed by atoms with Crippen molar-refractivity contribution in [2.45, 2.75) is 39.7 Å². The lowest BCUT2D eigenvalue weighted by molar-refractivity contribution is 0.325. The van der Waals surface area contributed by atoms with Crippen molar-refractivity contribution in [2.75, 3.05) is 13.1 Å². The van der Waals surface area contributed by atoms with Crippen LogP contribution < -0.4 is 11.1 Å². The Balaban J connectivity index is 2.26. The molecule has 17 heavy (non-hydrogen) atoms. The molecule has 0 aromatic heterocycles. The van der Waals surface area contributed by atoms with E-state index < -0.39 is 0 Å². The summed E-state index contributed by atoms with van der Waals surface area (Å²) in [6, 6.07) is 4.68. The van der Waals surface area contributed by atoms with Gasteiger partial charge >= 0.3 is 0 Å². The predicted molar refractivity (Wildman–Crippen MR) is 73.2 cm³/mol. The topological polar surface area (TPSA) is 38.0 Å². The Labute approximate surface area is 105 Å². The highest BCUT2D eigenvalue weighted by atomic mass is 14.9. The Hall–Kier alpha value is -0.860. The molecule has 0 amide bonds. The van der Waals surface area contributed by atoms with Crippen LogP contribution in [0.3, 0.4) is 0 Å². The van der Waals surface area contributed by atoms with E-state index in [-0.39, 0.29) is 6.04 Å². The third kappa shape index (κ3) is 2.70. The molecule has 0 saturated carbocycles. The first-order chi connectivity index (χ1) is 8.09. The van der Waals surface area contributed by atoms with Crippen LogP contribution in [0.5, 0.6) is 0 Å². The Morgan fingerprint density at radius 1 is 1.24 bits per heavy atom. The number of nitrogens with one attached hydrogen (secondary N) is 1. The van der Waals surface area contributed by atoms with Crippen molar-refractivity contribution in [3.63, 3.8) is 0 Å². The number of piperidine rings is 1. The van der Waals surface area contributed by atoms with E-state index in [4.69, 9.17) is 5.73 Å². The zero-order valence-corrected chi connectivity index (χ0v) is 11.2. The summed E-state index contributed by atoms with van der Waals surface area (Å²) in [5.74, 6) is 0.587. The van der Waals surface area contributed by atoms with Gasteiger partial charge in [-0.3, -0.25) is 0 Å². The minimum absolute atomic E-state index is 0.184. The molecule has 1 aromatic rings. The molecule has 2 nitrogen and oxygen atoms in total. The maximum absolute atomic E-state index is 6.48. The summed E-state index contributed by atoms with van der Waals surface area (Å²) in [7, 11) is 0. The molecule has 1 saturated heterocycles. The first kappa shape index (κ1) is 12.6. The monoisotopic (exact) mass is 232 g/mol. The van der Waals surface area contributed by atoms with Crippen LogP contribution in [0.25, 0.3) is 0 Å². The molecule has 2 atom stereocenters. The largest absolute Gasteiger partial charge is 0.324 e. The van der Waals surface area contributed by atoms with Gasteiger partial charge in [-0.15, -0.1) is 0 Å². The molecule has 1 aromatic carbocycles. The molecular weight excluding hydrogens is 208 g/mol. The van der Waals surface area contributed by atoms with Crippen LogP contribution >= 0.6 is 0 Å². The molecule has 1 aliphatic heterocycles. The minimum Gasteiger partial charge on any atom is -0.324 e. The standard InChI is InChI=1S/C15H24N2/c1-10-7-11(2)14(12(3)8-10)15(16)13-5-4-6-17-9-13/h7-8,13,15,17H,4-6,9,16H2,1-3H3. The van der Waals surface area contributed by atoms with Gasteiger partial charge in [-0.05, 0) is 69.3 Å². The highest BCUT2D eigenvalue weighted by Gasteiger charge is 2.24. The summed E-state index contributed by atoms with van der Waals surface area (Å²) >= 11 is 0. The Morgan fingerprint density at radius 3 is 2.41 bits per heavy atom. The van der Waals surface area contributed by atoms with Gasteiger partial charge in [0, 0.05) is 6.04 Å². The SMILES string of the molecule is Cc1cc(C)c(C(N)C2CCCNC2)c(C)c1. The van der Waals surface area contributed by atoms with E-state index in [0.717, 1.165) is 13.1 Å². The quantitative estimate of drug-likeness (QED) is 0.822.